The van der Waals surface area contributed by atoms with E-state index in [1.54, 1.807) is 12.1 Å². The lowest BCUT2D eigenvalue weighted by Crippen LogP contribution is -2.14. The van der Waals surface area contributed by atoms with Gasteiger partial charge in [0.2, 0.25) is 5.91 Å². The van der Waals surface area contributed by atoms with Crippen LogP contribution < -0.4 is 14.8 Å². The van der Waals surface area contributed by atoms with Crippen LogP contribution in [0.1, 0.15) is 12.5 Å². The summed E-state index contributed by atoms with van der Waals surface area (Å²) in [5.41, 5.74) is 1.60. The van der Waals surface area contributed by atoms with Gasteiger partial charge in [-0.2, -0.15) is 0 Å². The molecule has 1 amide bonds. The van der Waals surface area contributed by atoms with Gasteiger partial charge in [0.25, 0.3) is 10.0 Å². The van der Waals surface area contributed by atoms with E-state index in [1.807, 2.05) is 6.92 Å². The molecule has 2 N–H and O–H groups in total. The molecule has 0 aliphatic heterocycles. The second-order valence-electron chi connectivity index (χ2n) is 5.11. The Morgan fingerprint density at radius 1 is 1.17 bits per heavy atom. The number of carbonyl (C=O) groups is 1. The summed E-state index contributed by atoms with van der Waals surface area (Å²) < 4.78 is 32.6. The number of hydrogen-bond acceptors (Lipinski definition) is 4. The van der Waals surface area contributed by atoms with Crippen molar-refractivity contribution in [1.82, 2.24) is 0 Å². The maximum absolute atomic E-state index is 12.5. The maximum Gasteiger partial charge on any atom is 0.262 e. The number of methoxy groups -OCH3 is 1. The Balaban J connectivity index is 2.34. The SMILES string of the molecule is COc1cc(S(=O)(=O)Nc2ccc(C)c(Cl)c2)ccc1NC(C)=O. The Morgan fingerprint density at radius 2 is 1.88 bits per heavy atom. The molecule has 6 nitrogen and oxygen atoms in total. The van der Waals surface area contributed by atoms with E-state index >= 15 is 0 Å². The van der Waals surface area contributed by atoms with Gasteiger partial charge in [0, 0.05) is 18.0 Å². The first-order chi connectivity index (χ1) is 11.2. The topological polar surface area (TPSA) is 84.5 Å². The molecule has 0 aliphatic rings. The smallest absolute Gasteiger partial charge is 0.262 e. The van der Waals surface area contributed by atoms with Gasteiger partial charge in [0.05, 0.1) is 23.4 Å². The van der Waals surface area contributed by atoms with Gasteiger partial charge in [-0.1, -0.05) is 17.7 Å². The predicted octanol–water partition coefficient (Wildman–Crippen LogP) is 3.42. The van der Waals surface area contributed by atoms with Gasteiger partial charge in [0.15, 0.2) is 0 Å². The number of hydrogen-bond donors (Lipinski definition) is 2. The van der Waals surface area contributed by atoms with Crippen LogP contribution in [0.4, 0.5) is 11.4 Å². The molecule has 0 atom stereocenters. The van der Waals surface area contributed by atoms with Crippen LogP contribution in [0.2, 0.25) is 5.02 Å². The number of halogens is 1. The Labute approximate surface area is 145 Å². The number of aryl methyl sites for hydroxylation is 1. The number of rotatable bonds is 5. The first-order valence-corrected chi connectivity index (χ1v) is 8.83. The first-order valence-electron chi connectivity index (χ1n) is 6.97. The molecule has 0 heterocycles. The molecule has 24 heavy (non-hydrogen) atoms. The molecule has 0 unspecified atom stereocenters. The lowest BCUT2D eigenvalue weighted by atomic mass is 10.2. The third-order valence-electron chi connectivity index (χ3n) is 3.22. The van der Waals surface area contributed by atoms with Gasteiger partial charge in [-0.15, -0.1) is 0 Å². The molecule has 0 fully saturated rings. The molecule has 0 bridgehead atoms. The lowest BCUT2D eigenvalue weighted by molar-refractivity contribution is -0.114. The summed E-state index contributed by atoms with van der Waals surface area (Å²) in [6, 6.07) is 9.08. The zero-order chi connectivity index (χ0) is 17.9. The first kappa shape index (κ1) is 18.1. The van der Waals surface area contributed by atoms with E-state index < -0.39 is 10.0 Å². The van der Waals surface area contributed by atoms with Crippen LogP contribution in [0.25, 0.3) is 0 Å². The second kappa shape index (κ2) is 7.11. The summed E-state index contributed by atoms with van der Waals surface area (Å²) in [5, 5.41) is 3.04. The Bertz CT molecular complexity index is 882. The number of amides is 1. The predicted molar refractivity (Wildman–Crippen MR) is 94.3 cm³/mol. The van der Waals surface area contributed by atoms with Crippen molar-refractivity contribution in [3.8, 4) is 5.75 Å². The maximum atomic E-state index is 12.5. The molecular formula is C16H17ClN2O4S. The fourth-order valence-electron chi connectivity index (χ4n) is 2.00. The molecule has 0 saturated carbocycles. The quantitative estimate of drug-likeness (QED) is 0.846. The van der Waals surface area contributed by atoms with Gasteiger partial charge < -0.3 is 10.1 Å². The number of carbonyl (C=O) groups excluding carboxylic acids is 1. The zero-order valence-electron chi connectivity index (χ0n) is 13.4. The summed E-state index contributed by atoms with van der Waals surface area (Å²) in [4.78, 5) is 11.2. The van der Waals surface area contributed by atoms with E-state index in [1.165, 1.54) is 38.3 Å². The molecule has 0 aliphatic carbocycles. The van der Waals surface area contributed by atoms with Crippen molar-refractivity contribution in [2.24, 2.45) is 0 Å². The molecule has 2 aromatic rings. The standard InChI is InChI=1S/C16H17ClN2O4S/c1-10-4-5-12(8-14(10)17)19-24(21,22)13-6-7-15(18-11(2)20)16(9-13)23-3/h4-9,19H,1-3H3,(H,18,20). The van der Waals surface area contributed by atoms with E-state index in [2.05, 4.69) is 10.0 Å². The van der Waals surface area contributed by atoms with Crippen molar-refractivity contribution in [3.63, 3.8) is 0 Å². The normalized spacial score (nSPS) is 11.0. The van der Waals surface area contributed by atoms with Crippen LogP contribution in [-0.2, 0) is 14.8 Å². The molecule has 0 saturated heterocycles. The van der Waals surface area contributed by atoms with Crippen molar-refractivity contribution < 1.29 is 17.9 Å². The van der Waals surface area contributed by atoms with Crippen LogP contribution >= 0.6 is 11.6 Å². The zero-order valence-corrected chi connectivity index (χ0v) is 15.0. The van der Waals surface area contributed by atoms with Gasteiger partial charge >= 0.3 is 0 Å². The number of nitrogens with one attached hydrogen (secondary N) is 2. The second-order valence-corrected chi connectivity index (χ2v) is 7.20. The highest BCUT2D eigenvalue weighted by Crippen LogP contribution is 2.29. The van der Waals surface area contributed by atoms with Crippen molar-refractivity contribution in [2.45, 2.75) is 18.7 Å². The minimum Gasteiger partial charge on any atom is -0.495 e. The molecular weight excluding hydrogens is 352 g/mol. The summed E-state index contributed by atoms with van der Waals surface area (Å²) in [6.07, 6.45) is 0. The van der Waals surface area contributed by atoms with Crippen molar-refractivity contribution in [3.05, 3.63) is 47.0 Å². The number of benzene rings is 2. The van der Waals surface area contributed by atoms with Crippen LogP contribution in [0, 0.1) is 6.92 Å². The van der Waals surface area contributed by atoms with E-state index in [0.717, 1.165) is 5.56 Å². The molecule has 0 aromatic heterocycles. The summed E-state index contributed by atoms with van der Waals surface area (Å²) in [7, 11) is -2.43. The Kier molecular flexibility index (Phi) is 5.36. The molecule has 2 aromatic carbocycles. The molecule has 128 valence electrons. The number of sulfonamides is 1. The molecule has 0 spiro atoms. The third kappa shape index (κ3) is 4.18. The highest BCUT2D eigenvalue weighted by atomic mass is 35.5. The van der Waals surface area contributed by atoms with E-state index in [-0.39, 0.29) is 16.6 Å². The van der Waals surface area contributed by atoms with Crippen molar-refractivity contribution in [1.29, 1.82) is 0 Å². The lowest BCUT2D eigenvalue weighted by Gasteiger charge is -2.13. The van der Waals surface area contributed by atoms with E-state index in [4.69, 9.17) is 16.3 Å². The molecule has 2 rings (SSSR count). The van der Waals surface area contributed by atoms with Gasteiger partial charge in [-0.05, 0) is 36.8 Å². The van der Waals surface area contributed by atoms with E-state index in [0.29, 0.717) is 16.4 Å². The fourth-order valence-corrected chi connectivity index (χ4v) is 3.25. The van der Waals surface area contributed by atoms with Crippen LogP contribution in [0.3, 0.4) is 0 Å². The van der Waals surface area contributed by atoms with E-state index in [9.17, 15) is 13.2 Å². The van der Waals surface area contributed by atoms with Gasteiger partial charge in [-0.3, -0.25) is 9.52 Å². The largest absolute Gasteiger partial charge is 0.495 e. The van der Waals surface area contributed by atoms with Gasteiger partial charge in [-0.25, -0.2) is 8.42 Å². The third-order valence-corrected chi connectivity index (χ3v) is 5.00. The minimum absolute atomic E-state index is 0.00477. The highest BCUT2D eigenvalue weighted by Gasteiger charge is 2.17. The molecule has 0 radical (unpaired) electrons. The monoisotopic (exact) mass is 368 g/mol. The van der Waals surface area contributed by atoms with Crippen molar-refractivity contribution in [2.75, 3.05) is 17.1 Å². The Hall–Kier alpha value is -2.25. The summed E-state index contributed by atoms with van der Waals surface area (Å²) >= 11 is 6.01. The summed E-state index contributed by atoms with van der Waals surface area (Å²) in [5.74, 6) is -0.0358. The highest BCUT2D eigenvalue weighted by molar-refractivity contribution is 7.92. The minimum atomic E-state index is -3.82. The van der Waals surface area contributed by atoms with Crippen molar-refractivity contribution >= 4 is 38.9 Å². The average Bonchev–Trinajstić information content (AvgIpc) is 2.50. The van der Waals surface area contributed by atoms with Crippen LogP contribution in [0.15, 0.2) is 41.3 Å². The van der Waals surface area contributed by atoms with Crippen LogP contribution in [-0.4, -0.2) is 21.4 Å². The average molecular weight is 369 g/mol. The number of anilines is 2. The fraction of sp³-hybridized carbons (Fsp3) is 0.188. The Morgan fingerprint density at radius 3 is 2.46 bits per heavy atom. The number of ether oxygens (including phenoxy) is 1. The molecule has 8 heteroatoms. The summed E-state index contributed by atoms with van der Waals surface area (Å²) in [6.45, 7) is 3.18. The van der Waals surface area contributed by atoms with Gasteiger partial charge in [0.1, 0.15) is 5.75 Å². The van der Waals surface area contributed by atoms with Crippen LogP contribution in [0.5, 0.6) is 5.75 Å².